The van der Waals surface area contributed by atoms with E-state index < -0.39 is 0 Å². The molecule has 0 aliphatic rings. The van der Waals surface area contributed by atoms with Crippen LogP contribution in [0.15, 0.2) is 18.5 Å². The Morgan fingerprint density at radius 1 is 1.54 bits per heavy atom. The highest BCUT2D eigenvalue weighted by Crippen LogP contribution is 2.13. The van der Waals surface area contributed by atoms with Crippen LogP contribution in [0, 0.1) is 0 Å². The fraction of sp³-hybridized carbons (Fsp3) is 0.333. The van der Waals surface area contributed by atoms with E-state index in [1.165, 1.54) is 0 Å². The van der Waals surface area contributed by atoms with E-state index in [4.69, 9.17) is 0 Å². The van der Waals surface area contributed by atoms with E-state index in [0.29, 0.717) is 0 Å². The van der Waals surface area contributed by atoms with Crippen molar-refractivity contribution in [2.24, 2.45) is 0 Å². The number of rotatable bonds is 2. The molecule has 4 heteroatoms. The van der Waals surface area contributed by atoms with Crippen LogP contribution in [-0.4, -0.2) is 22.0 Å². The Kier molecular flexibility index (Phi) is 1.98. The van der Waals surface area contributed by atoms with Crippen molar-refractivity contribution in [2.75, 3.05) is 7.05 Å². The van der Waals surface area contributed by atoms with Crippen LogP contribution in [-0.2, 0) is 0 Å². The number of hydrogen-bond acceptors (Lipinski definition) is 3. The molecule has 2 rings (SSSR count). The van der Waals surface area contributed by atoms with Gasteiger partial charge in [0.05, 0.1) is 23.3 Å². The van der Waals surface area contributed by atoms with Crippen LogP contribution in [0.4, 0.5) is 0 Å². The summed E-state index contributed by atoms with van der Waals surface area (Å²) >= 11 is 0. The van der Waals surface area contributed by atoms with Gasteiger partial charge in [-0.15, -0.1) is 0 Å². The summed E-state index contributed by atoms with van der Waals surface area (Å²) in [6, 6.07) is 2.14. The number of nitrogens with zero attached hydrogens (tertiary/aromatic N) is 2. The molecule has 1 atom stereocenters. The molecular formula is C9H12N4. The van der Waals surface area contributed by atoms with Crippen LogP contribution in [0.5, 0.6) is 0 Å². The first kappa shape index (κ1) is 8.19. The normalized spacial score (nSPS) is 13.4. The van der Waals surface area contributed by atoms with Gasteiger partial charge in [-0.3, -0.25) is 4.98 Å². The van der Waals surface area contributed by atoms with E-state index in [2.05, 4.69) is 27.2 Å². The van der Waals surface area contributed by atoms with E-state index in [9.17, 15) is 0 Å². The van der Waals surface area contributed by atoms with Crippen molar-refractivity contribution in [2.45, 2.75) is 13.0 Å². The van der Waals surface area contributed by atoms with Gasteiger partial charge in [-0.1, -0.05) is 0 Å². The zero-order valence-corrected chi connectivity index (χ0v) is 7.70. The summed E-state index contributed by atoms with van der Waals surface area (Å²) in [5, 5.41) is 3.13. The highest BCUT2D eigenvalue weighted by molar-refractivity contribution is 5.73. The van der Waals surface area contributed by atoms with Crippen LogP contribution in [0.25, 0.3) is 11.0 Å². The zero-order chi connectivity index (χ0) is 9.26. The van der Waals surface area contributed by atoms with E-state index in [0.717, 1.165) is 16.9 Å². The molecule has 4 nitrogen and oxygen atoms in total. The predicted molar refractivity (Wildman–Crippen MR) is 51.4 cm³/mol. The van der Waals surface area contributed by atoms with Gasteiger partial charge in [0.1, 0.15) is 5.82 Å². The summed E-state index contributed by atoms with van der Waals surface area (Å²) in [7, 11) is 1.91. The lowest BCUT2D eigenvalue weighted by Crippen LogP contribution is -2.13. The SMILES string of the molecule is CNC(C)c1nc2ccncc2[nH]1. The molecule has 0 fully saturated rings. The molecule has 13 heavy (non-hydrogen) atoms. The van der Waals surface area contributed by atoms with Gasteiger partial charge in [-0.25, -0.2) is 4.98 Å². The maximum atomic E-state index is 4.43. The average molecular weight is 176 g/mol. The van der Waals surface area contributed by atoms with Gasteiger partial charge in [0, 0.05) is 6.20 Å². The van der Waals surface area contributed by atoms with Gasteiger partial charge in [0.15, 0.2) is 0 Å². The Morgan fingerprint density at radius 3 is 3.08 bits per heavy atom. The smallest absolute Gasteiger partial charge is 0.124 e. The Hall–Kier alpha value is -1.42. The Labute approximate surface area is 76.4 Å². The first-order chi connectivity index (χ1) is 6.31. The van der Waals surface area contributed by atoms with Gasteiger partial charge in [0.25, 0.3) is 0 Å². The summed E-state index contributed by atoms with van der Waals surface area (Å²) in [6.07, 6.45) is 3.53. The van der Waals surface area contributed by atoms with E-state index in [1.807, 2.05) is 13.1 Å². The highest BCUT2D eigenvalue weighted by Gasteiger charge is 2.07. The summed E-state index contributed by atoms with van der Waals surface area (Å²) in [5.41, 5.74) is 1.95. The second-order valence-electron chi connectivity index (χ2n) is 3.03. The first-order valence-corrected chi connectivity index (χ1v) is 4.28. The molecule has 2 aromatic heterocycles. The van der Waals surface area contributed by atoms with Crippen molar-refractivity contribution >= 4 is 11.0 Å². The number of fused-ring (bicyclic) bond motifs is 1. The number of aromatic nitrogens is 3. The van der Waals surface area contributed by atoms with Crippen molar-refractivity contribution in [1.82, 2.24) is 20.3 Å². The van der Waals surface area contributed by atoms with Gasteiger partial charge < -0.3 is 10.3 Å². The molecule has 0 saturated heterocycles. The van der Waals surface area contributed by atoms with Crippen molar-refractivity contribution in [3.8, 4) is 0 Å². The van der Waals surface area contributed by atoms with Crippen LogP contribution in [0.2, 0.25) is 0 Å². The minimum absolute atomic E-state index is 0.243. The lowest BCUT2D eigenvalue weighted by Gasteiger charge is -2.04. The molecule has 1 unspecified atom stereocenters. The Morgan fingerprint density at radius 2 is 2.38 bits per heavy atom. The summed E-state index contributed by atoms with van der Waals surface area (Å²) in [6.45, 7) is 2.06. The van der Waals surface area contributed by atoms with Crippen LogP contribution in [0.3, 0.4) is 0 Å². The molecular weight excluding hydrogens is 164 g/mol. The standard InChI is InChI=1S/C9H12N4/c1-6(10-2)9-12-7-3-4-11-5-8(7)13-9/h3-6,10H,1-2H3,(H,12,13). The van der Waals surface area contributed by atoms with Crippen LogP contribution >= 0.6 is 0 Å². The molecule has 0 spiro atoms. The largest absolute Gasteiger partial charge is 0.339 e. The fourth-order valence-corrected chi connectivity index (χ4v) is 1.22. The molecule has 0 bridgehead atoms. The average Bonchev–Trinajstić information content (AvgIpc) is 2.59. The minimum atomic E-state index is 0.243. The number of nitrogens with one attached hydrogen (secondary N) is 2. The van der Waals surface area contributed by atoms with E-state index >= 15 is 0 Å². The maximum absolute atomic E-state index is 4.43. The number of H-pyrrole nitrogens is 1. The number of hydrogen-bond donors (Lipinski definition) is 2. The summed E-state index contributed by atoms with van der Waals surface area (Å²) in [4.78, 5) is 11.7. The number of aromatic amines is 1. The molecule has 2 N–H and O–H groups in total. The number of pyridine rings is 1. The molecule has 0 aliphatic heterocycles. The molecule has 0 amide bonds. The zero-order valence-electron chi connectivity index (χ0n) is 7.70. The number of imidazole rings is 1. The summed E-state index contributed by atoms with van der Waals surface area (Å²) < 4.78 is 0. The third-order valence-electron chi connectivity index (χ3n) is 2.14. The quantitative estimate of drug-likeness (QED) is 0.723. The second-order valence-corrected chi connectivity index (χ2v) is 3.03. The van der Waals surface area contributed by atoms with Crippen LogP contribution < -0.4 is 5.32 Å². The van der Waals surface area contributed by atoms with Crippen molar-refractivity contribution < 1.29 is 0 Å². The van der Waals surface area contributed by atoms with Crippen molar-refractivity contribution in [3.63, 3.8) is 0 Å². The van der Waals surface area contributed by atoms with E-state index in [-0.39, 0.29) is 6.04 Å². The molecule has 0 aromatic carbocycles. The second kappa shape index (κ2) is 3.14. The topological polar surface area (TPSA) is 53.6 Å². The minimum Gasteiger partial charge on any atom is -0.339 e. The molecule has 0 radical (unpaired) electrons. The molecule has 0 saturated carbocycles. The lowest BCUT2D eigenvalue weighted by molar-refractivity contribution is 0.620. The highest BCUT2D eigenvalue weighted by atomic mass is 15.0. The molecule has 68 valence electrons. The predicted octanol–water partition coefficient (Wildman–Crippen LogP) is 1.24. The fourth-order valence-electron chi connectivity index (χ4n) is 1.22. The Bertz CT molecular complexity index is 374. The molecule has 2 heterocycles. The Balaban J connectivity index is 2.49. The molecule has 2 aromatic rings. The van der Waals surface area contributed by atoms with Gasteiger partial charge in [0.2, 0.25) is 0 Å². The third-order valence-corrected chi connectivity index (χ3v) is 2.14. The van der Waals surface area contributed by atoms with Crippen molar-refractivity contribution in [3.05, 3.63) is 24.3 Å². The lowest BCUT2D eigenvalue weighted by atomic mass is 10.3. The van der Waals surface area contributed by atoms with E-state index in [1.54, 1.807) is 12.4 Å². The van der Waals surface area contributed by atoms with Crippen molar-refractivity contribution in [1.29, 1.82) is 0 Å². The molecule has 0 aliphatic carbocycles. The van der Waals surface area contributed by atoms with Gasteiger partial charge in [-0.05, 0) is 20.0 Å². The maximum Gasteiger partial charge on any atom is 0.124 e. The van der Waals surface area contributed by atoms with Gasteiger partial charge >= 0.3 is 0 Å². The van der Waals surface area contributed by atoms with Gasteiger partial charge in [-0.2, -0.15) is 0 Å². The first-order valence-electron chi connectivity index (χ1n) is 4.28. The summed E-state index contributed by atoms with van der Waals surface area (Å²) in [5.74, 6) is 0.950. The third kappa shape index (κ3) is 1.40. The monoisotopic (exact) mass is 176 g/mol. The van der Waals surface area contributed by atoms with Crippen LogP contribution in [0.1, 0.15) is 18.8 Å².